The molecule has 4 aliphatic carbocycles. The van der Waals surface area contributed by atoms with E-state index in [1.54, 1.807) is 12.1 Å². The van der Waals surface area contributed by atoms with Crippen molar-refractivity contribution in [3.05, 3.63) is 28.2 Å². The van der Waals surface area contributed by atoms with Crippen LogP contribution in [-0.4, -0.2) is 14.0 Å². The minimum atomic E-state index is -3.46. The number of nitrogens with one attached hydrogen (secondary N) is 1. The summed E-state index contributed by atoms with van der Waals surface area (Å²) in [6.07, 6.45) is 7.05. The summed E-state index contributed by atoms with van der Waals surface area (Å²) >= 11 is 3.44. The van der Waals surface area contributed by atoms with E-state index in [1.165, 1.54) is 19.3 Å². The number of rotatable bonds is 3. The first-order chi connectivity index (χ1) is 10.4. The number of sulfonamides is 1. The molecule has 120 valence electrons. The van der Waals surface area contributed by atoms with Crippen LogP contribution in [0.4, 0.5) is 0 Å². The monoisotopic (exact) mass is 383 g/mol. The average molecular weight is 384 g/mol. The van der Waals surface area contributed by atoms with Crippen molar-refractivity contribution in [1.29, 1.82) is 0 Å². The number of halogens is 1. The second-order valence-electron chi connectivity index (χ2n) is 7.67. The van der Waals surface area contributed by atoms with Crippen LogP contribution in [0.3, 0.4) is 0 Å². The van der Waals surface area contributed by atoms with Gasteiger partial charge in [-0.3, -0.25) is 0 Å². The second-order valence-corrected chi connectivity index (χ2v) is 10.2. The summed E-state index contributed by atoms with van der Waals surface area (Å²) < 4.78 is 29.9. The Bertz CT molecular complexity index is 678. The Hall–Kier alpha value is -0.390. The van der Waals surface area contributed by atoms with Crippen LogP contribution in [0.15, 0.2) is 27.6 Å². The van der Waals surface area contributed by atoms with E-state index in [1.807, 2.05) is 13.0 Å². The van der Waals surface area contributed by atoms with Crippen molar-refractivity contribution in [3.8, 4) is 0 Å². The van der Waals surface area contributed by atoms with Crippen molar-refractivity contribution in [3.63, 3.8) is 0 Å². The lowest BCUT2D eigenvalue weighted by Gasteiger charge is -2.56. The highest BCUT2D eigenvalue weighted by Crippen LogP contribution is 2.56. The summed E-state index contributed by atoms with van der Waals surface area (Å²) in [5.41, 5.74) is 0.613. The predicted octanol–water partition coefficient (Wildman–Crippen LogP) is 4.00. The van der Waals surface area contributed by atoms with Crippen LogP contribution in [0.2, 0.25) is 0 Å². The van der Waals surface area contributed by atoms with Gasteiger partial charge in [-0.1, -0.05) is 22.0 Å². The van der Waals surface area contributed by atoms with Gasteiger partial charge in [-0.15, -0.1) is 0 Å². The lowest BCUT2D eigenvalue weighted by Crippen LogP contribution is -2.59. The van der Waals surface area contributed by atoms with Crippen LogP contribution in [0.1, 0.15) is 44.1 Å². The molecule has 0 radical (unpaired) electrons. The first kappa shape index (κ1) is 15.2. The third kappa shape index (κ3) is 2.45. The molecule has 0 heterocycles. The molecule has 5 rings (SSSR count). The van der Waals surface area contributed by atoms with Crippen molar-refractivity contribution in [1.82, 2.24) is 4.72 Å². The molecule has 4 aliphatic rings. The predicted molar refractivity (Wildman–Crippen MR) is 90.1 cm³/mol. The topological polar surface area (TPSA) is 46.2 Å². The van der Waals surface area contributed by atoms with Crippen molar-refractivity contribution >= 4 is 26.0 Å². The molecule has 4 bridgehead atoms. The van der Waals surface area contributed by atoms with Gasteiger partial charge in [0.05, 0.1) is 4.90 Å². The van der Waals surface area contributed by atoms with Crippen LogP contribution < -0.4 is 4.72 Å². The van der Waals surface area contributed by atoms with E-state index in [2.05, 4.69) is 20.7 Å². The van der Waals surface area contributed by atoms with Crippen molar-refractivity contribution < 1.29 is 8.42 Å². The summed E-state index contributed by atoms with van der Waals surface area (Å²) in [6, 6.07) is 5.40. The molecule has 0 aromatic heterocycles. The number of hydrogen-bond acceptors (Lipinski definition) is 2. The highest BCUT2D eigenvalue weighted by atomic mass is 79.9. The molecule has 3 nitrogen and oxygen atoms in total. The molecule has 1 aromatic carbocycles. The Kier molecular flexibility index (Phi) is 3.48. The molecular weight excluding hydrogens is 362 g/mol. The lowest BCUT2D eigenvalue weighted by atomic mass is 9.53. The zero-order valence-corrected chi connectivity index (χ0v) is 15.2. The van der Waals surface area contributed by atoms with Crippen LogP contribution in [-0.2, 0) is 10.0 Å². The Balaban J connectivity index is 1.66. The normalized spacial score (nSPS) is 36.7. The van der Waals surface area contributed by atoms with Gasteiger partial charge >= 0.3 is 0 Å². The molecule has 0 amide bonds. The standard InChI is InChI=1S/C17H22BrNO2S/c1-11-15(18)3-2-4-16(11)22(20,21)19-17-8-12-5-13(9-17)7-14(6-12)10-17/h2-4,12-14,19H,5-10H2,1H3. The quantitative estimate of drug-likeness (QED) is 0.856. The van der Waals surface area contributed by atoms with Crippen LogP contribution in [0.25, 0.3) is 0 Å². The number of hydrogen-bond donors (Lipinski definition) is 1. The lowest BCUT2D eigenvalue weighted by molar-refractivity contribution is -0.00810. The fourth-order valence-electron chi connectivity index (χ4n) is 5.45. The molecule has 1 aromatic rings. The third-order valence-electron chi connectivity index (χ3n) is 5.90. The maximum Gasteiger partial charge on any atom is 0.241 e. The molecule has 0 aliphatic heterocycles. The van der Waals surface area contributed by atoms with E-state index in [0.29, 0.717) is 4.90 Å². The molecule has 22 heavy (non-hydrogen) atoms. The minimum Gasteiger partial charge on any atom is -0.207 e. The summed E-state index contributed by atoms with van der Waals surface area (Å²) in [7, 11) is -3.46. The van der Waals surface area contributed by atoms with Crippen LogP contribution >= 0.6 is 15.9 Å². The highest BCUT2D eigenvalue weighted by Gasteiger charge is 2.52. The Labute approximate surface area is 141 Å². The van der Waals surface area contributed by atoms with Gasteiger partial charge < -0.3 is 0 Å². The van der Waals surface area contributed by atoms with Gasteiger partial charge in [-0.25, -0.2) is 13.1 Å². The van der Waals surface area contributed by atoms with Gasteiger partial charge in [-0.2, -0.15) is 0 Å². The average Bonchev–Trinajstić information content (AvgIpc) is 2.38. The molecule has 0 unspecified atom stereocenters. The molecule has 4 saturated carbocycles. The van der Waals surface area contributed by atoms with E-state index >= 15 is 0 Å². The Morgan fingerprint density at radius 1 is 1.09 bits per heavy atom. The molecule has 0 spiro atoms. The summed E-state index contributed by atoms with van der Waals surface area (Å²) in [5.74, 6) is 2.20. The Morgan fingerprint density at radius 3 is 2.18 bits per heavy atom. The molecular formula is C17H22BrNO2S. The van der Waals surface area contributed by atoms with Crippen LogP contribution in [0.5, 0.6) is 0 Å². The van der Waals surface area contributed by atoms with Gasteiger partial charge in [0.1, 0.15) is 0 Å². The maximum atomic E-state index is 13.0. The molecule has 5 heteroatoms. The van der Waals surface area contributed by atoms with Crippen molar-refractivity contribution in [2.75, 3.05) is 0 Å². The zero-order valence-electron chi connectivity index (χ0n) is 12.8. The summed E-state index contributed by atoms with van der Waals surface area (Å²) in [6.45, 7) is 1.86. The largest absolute Gasteiger partial charge is 0.241 e. The first-order valence-corrected chi connectivity index (χ1v) is 10.4. The van der Waals surface area contributed by atoms with Crippen molar-refractivity contribution in [2.24, 2.45) is 17.8 Å². The van der Waals surface area contributed by atoms with Gasteiger partial charge in [-0.05, 0) is 80.9 Å². The third-order valence-corrected chi connectivity index (χ3v) is 8.48. The molecule has 0 atom stereocenters. The summed E-state index contributed by atoms with van der Waals surface area (Å²) in [5, 5.41) is 0. The van der Waals surface area contributed by atoms with Gasteiger partial charge in [0.25, 0.3) is 0 Å². The SMILES string of the molecule is Cc1c(Br)cccc1S(=O)(=O)NC12CC3CC(CC(C3)C1)C2. The highest BCUT2D eigenvalue weighted by molar-refractivity contribution is 9.10. The van der Waals surface area contributed by atoms with E-state index in [-0.39, 0.29) is 5.54 Å². The number of benzene rings is 1. The van der Waals surface area contributed by atoms with Crippen molar-refractivity contribution in [2.45, 2.75) is 55.9 Å². The minimum absolute atomic E-state index is 0.178. The van der Waals surface area contributed by atoms with E-state index < -0.39 is 10.0 Å². The van der Waals surface area contributed by atoms with Gasteiger partial charge in [0.15, 0.2) is 0 Å². The van der Waals surface area contributed by atoms with E-state index in [4.69, 9.17) is 0 Å². The fraction of sp³-hybridized carbons (Fsp3) is 0.647. The molecule has 1 N–H and O–H groups in total. The Morgan fingerprint density at radius 2 is 1.64 bits per heavy atom. The van der Waals surface area contributed by atoms with E-state index in [0.717, 1.165) is 47.1 Å². The van der Waals surface area contributed by atoms with E-state index in [9.17, 15) is 8.42 Å². The molecule has 0 saturated heterocycles. The fourth-order valence-corrected chi connectivity index (χ4v) is 7.65. The molecule has 4 fully saturated rings. The smallest absolute Gasteiger partial charge is 0.207 e. The maximum absolute atomic E-state index is 13.0. The zero-order chi connectivity index (χ0) is 15.5. The van der Waals surface area contributed by atoms with Gasteiger partial charge in [0.2, 0.25) is 10.0 Å². The first-order valence-electron chi connectivity index (χ1n) is 8.16. The van der Waals surface area contributed by atoms with Gasteiger partial charge in [0, 0.05) is 10.0 Å². The summed E-state index contributed by atoms with van der Waals surface area (Å²) in [4.78, 5) is 0.414. The second kappa shape index (κ2) is 5.05. The van der Waals surface area contributed by atoms with Crippen LogP contribution in [0, 0.1) is 24.7 Å².